The number of imide groups is 1. The zero-order valence-electron chi connectivity index (χ0n) is 15.8. The second-order valence-corrected chi connectivity index (χ2v) is 8.70. The van der Waals surface area contributed by atoms with Gasteiger partial charge >= 0.3 is 0 Å². The van der Waals surface area contributed by atoms with Gasteiger partial charge in [0.25, 0.3) is 0 Å². The molecule has 0 saturated carbocycles. The van der Waals surface area contributed by atoms with Gasteiger partial charge in [0.05, 0.1) is 17.5 Å². The Morgan fingerprint density at radius 1 is 0.724 bits per heavy atom. The van der Waals surface area contributed by atoms with E-state index in [1.54, 1.807) is 24.3 Å². The molecule has 1 heterocycles. The number of halogens is 1. The van der Waals surface area contributed by atoms with Crippen LogP contribution in [0.4, 0.5) is 5.69 Å². The molecule has 3 nitrogen and oxygen atoms in total. The predicted molar refractivity (Wildman–Crippen MR) is 112 cm³/mol. The molecule has 1 fully saturated rings. The van der Waals surface area contributed by atoms with Crippen molar-refractivity contribution in [2.24, 2.45) is 11.8 Å². The third-order valence-electron chi connectivity index (χ3n) is 6.76. The van der Waals surface area contributed by atoms with Crippen LogP contribution >= 0.6 is 11.6 Å². The second-order valence-electron chi connectivity index (χ2n) is 8.26. The lowest BCUT2D eigenvalue weighted by Crippen LogP contribution is -2.41. The molecule has 0 aromatic heterocycles. The summed E-state index contributed by atoms with van der Waals surface area (Å²) in [6.45, 7) is 2.08. The summed E-state index contributed by atoms with van der Waals surface area (Å²) in [6.07, 6.45) is 0. The highest BCUT2D eigenvalue weighted by molar-refractivity contribution is 6.31. The predicted octanol–water partition coefficient (Wildman–Crippen LogP) is 5.05. The van der Waals surface area contributed by atoms with E-state index in [0.717, 1.165) is 0 Å². The molecule has 3 aliphatic carbocycles. The molecule has 3 aromatic rings. The Bertz CT molecular complexity index is 1220. The van der Waals surface area contributed by atoms with E-state index < -0.39 is 0 Å². The van der Waals surface area contributed by atoms with Gasteiger partial charge in [-0.05, 0) is 47.4 Å². The largest absolute Gasteiger partial charge is 0.274 e. The summed E-state index contributed by atoms with van der Waals surface area (Å²) in [4.78, 5) is 28.6. The Hall–Kier alpha value is -2.91. The van der Waals surface area contributed by atoms with Crippen molar-refractivity contribution >= 4 is 29.1 Å². The van der Waals surface area contributed by atoms with Crippen molar-refractivity contribution in [3.05, 3.63) is 99.6 Å². The fourth-order valence-electron chi connectivity index (χ4n) is 5.72. The van der Waals surface area contributed by atoms with Gasteiger partial charge < -0.3 is 0 Å². The highest BCUT2D eigenvalue weighted by Crippen LogP contribution is 2.61. The molecule has 2 bridgehead atoms. The molecule has 3 aromatic carbocycles. The Balaban J connectivity index is 1.58. The molecule has 29 heavy (non-hydrogen) atoms. The molecular formula is C25H18ClNO2. The van der Waals surface area contributed by atoms with Gasteiger partial charge in [-0.1, -0.05) is 65.7 Å². The van der Waals surface area contributed by atoms with E-state index in [4.69, 9.17) is 11.6 Å². The average Bonchev–Trinajstić information content (AvgIpc) is 2.99. The number of hydrogen-bond acceptors (Lipinski definition) is 2. The smallest absolute Gasteiger partial charge is 0.238 e. The SMILES string of the molecule is Cc1ccc2c(c1)[C@@H]1c3ccccc3[C@@H]2[C@@H]2C(=O)N(c3cccc(Cl)c3)C(=O)[C@H]12. The first-order valence-electron chi connectivity index (χ1n) is 9.89. The van der Waals surface area contributed by atoms with E-state index in [0.29, 0.717) is 10.7 Å². The van der Waals surface area contributed by atoms with E-state index in [9.17, 15) is 9.59 Å². The van der Waals surface area contributed by atoms with Crippen LogP contribution in [-0.2, 0) is 9.59 Å². The van der Waals surface area contributed by atoms with Crippen LogP contribution < -0.4 is 4.90 Å². The lowest BCUT2D eigenvalue weighted by atomic mass is 9.55. The van der Waals surface area contributed by atoms with Crippen molar-refractivity contribution in [1.82, 2.24) is 0 Å². The maximum Gasteiger partial charge on any atom is 0.238 e. The molecule has 1 saturated heterocycles. The molecule has 0 spiro atoms. The number of carbonyl (C=O) groups excluding carboxylic acids is 2. The normalized spacial score (nSPS) is 26.3. The number of hydrogen-bond donors (Lipinski definition) is 0. The fraction of sp³-hybridized carbons (Fsp3) is 0.200. The highest BCUT2D eigenvalue weighted by atomic mass is 35.5. The van der Waals surface area contributed by atoms with E-state index in [2.05, 4.69) is 37.3 Å². The first kappa shape index (κ1) is 17.0. The standard InChI is InChI=1S/C25H18ClNO2/c1-13-9-10-18-19(11-13)21-17-8-3-2-7-16(17)20(18)22-23(21)25(29)27(24(22)28)15-6-4-5-14(26)12-15/h2-12,20-23H,1H3/t20-,21-,22-,23+/m0/s1. The molecule has 1 aliphatic heterocycles. The van der Waals surface area contributed by atoms with Crippen LogP contribution in [0.2, 0.25) is 5.02 Å². The van der Waals surface area contributed by atoms with Crippen LogP contribution in [0.1, 0.15) is 39.7 Å². The molecule has 4 aliphatic rings. The maximum atomic E-state index is 13.6. The van der Waals surface area contributed by atoms with Crippen LogP contribution in [0.3, 0.4) is 0 Å². The van der Waals surface area contributed by atoms with Gasteiger partial charge in [-0.15, -0.1) is 0 Å². The van der Waals surface area contributed by atoms with Crippen LogP contribution in [0.15, 0.2) is 66.7 Å². The number of benzene rings is 3. The van der Waals surface area contributed by atoms with E-state index in [-0.39, 0.29) is 35.5 Å². The van der Waals surface area contributed by atoms with Crippen molar-refractivity contribution in [3.8, 4) is 0 Å². The fourth-order valence-corrected chi connectivity index (χ4v) is 5.90. The van der Waals surface area contributed by atoms with E-state index in [1.807, 2.05) is 12.1 Å². The molecule has 0 N–H and O–H groups in total. The van der Waals surface area contributed by atoms with Crippen molar-refractivity contribution in [2.75, 3.05) is 4.90 Å². The minimum Gasteiger partial charge on any atom is -0.274 e. The lowest BCUT2D eigenvalue weighted by molar-refractivity contribution is -0.122. The van der Waals surface area contributed by atoms with Crippen molar-refractivity contribution < 1.29 is 9.59 Å². The number of anilines is 1. The third kappa shape index (κ3) is 2.14. The molecule has 4 atom stereocenters. The lowest BCUT2D eigenvalue weighted by Gasteiger charge is -2.46. The first-order chi connectivity index (χ1) is 14.1. The maximum absolute atomic E-state index is 13.6. The van der Waals surface area contributed by atoms with Crippen LogP contribution in [0, 0.1) is 18.8 Å². The Kier molecular flexibility index (Phi) is 3.40. The van der Waals surface area contributed by atoms with Crippen LogP contribution in [0.5, 0.6) is 0 Å². The molecule has 0 radical (unpaired) electrons. The number of carbonyl (C=O) groups is 2. The van der Waals surface area contributed by atoms with Gasteiger partial charge in [0, 0.05) is 16.9 Å². The minimum absolute atomic E-state index is 0.0857. The Morgan fingerprint density at radius 3 is 2.00 bits per heavy atom. The molecule has 2 amide bonds. The van der Waals surface area contributed by atoms with Gasteiger partial charge in [0.2, 0.25) is 11.8 Å². The Labute approximate surface area is 173 Å². The van der Waals surface area contributed by atoms with Crippen LogP contribution in [0.25, 0.3) is 0 Å². The summed E-state index contributed by atoms with van der Waals surface area (Å²) < 4.78 is 0. The zero-order valence-corrected chi connectivity index (χ0v) is 16.6. The average molecular weight is 400 g/mol. The summed E-state index contributed by atoms with van der Waals surface area (Å²) in [5, 5.41) is 0.517. The first-order valence-corrected chi connectivity index (χ1v) is 10.3. The summed E-state index contributed by atoms with van der Waals surface area (Å²) >= 11 is 6.16. The van der Waals surface area contributed by atoms with Gasteiger partial charge in [-0.3, -0.25) is 9.59 Å². The monoisotopic (exact) mass is 399 g/mol. The van der Waals surface area contributed by atoms with Gasteiger partial charge in [-0.25, -0.2) is 4.90 Å². The zero-order chi connectivity index (χ0) is 19.9. The summed E-state index contributed by atoms with van der Waals surface area (Å²) in [5.41, 5.74) is 6.49. The molecule has 7 rings (SSSR count). The third-order valence-corrected chi connectivity index (χ3v) is 7.00. The second kappa shape index (κ2) is 5.80. The van der Waals surface area contributed by atoms with E-state index >= 15 is 0 Å². The number of amides is 2. The minimum atomic E-state index is -0.365. The molecule has 4 heteroatoms. The van der Waals surface area contributed by atoms with Gasteiger partial charge in [-0.2, -0.15) is 0 Å². The number of nitrogens with zero attached hydrogens (tertiary/aromatic N) is 1. The topological polar surface area (TPSA) is 37.4 Å². The summed E-state index contributed by atoms with van der Waals surface area (Å²) in [6, 6.07) is 21.7. The number of rotatable bonds is 1. The number of aryl methyl sites for hydroxylation is 1. The quantitative estimate of drug-likeness (QED) is 0.537. The van der Waals surface area contributed by atoms with Crippen molar-refractivity contribution in [2.45, 2.75) is 18.8 Å². The van der Waals surface area contributed by atoms with Crippen LogP contribution in [-0.4, -0.2) is 11.8 Å². The van der Waals surface area contributed by atoms with Gasteiger partial charge in [0.15, 0.2) is 0 Å². The Morgan fingerprint density at radius 2 is 1.34 bits per heavy atom. The van der Waals surface area contributed by atoms with E-state index in [1.165, 1.54) is 32.7 Å². The van der Waals surface area contributed by atoms with Gasteiger partial charge in [0.1, 0.15) is 0 Å². The van der Waals surface area contributed by atoms with Crippen molar-refractivity contribution in [1.29, 1.82) is 0 Å². The summed E-state index contributed by atoms with van der Waals surface area (Å²) in [5.74, 6) is -1.13. The molecular weight excluding hydrogens is 382 g/mol. The van der Waals surface area contributed by atoms with Crippen molar-refractivity contribution in [3.63, 3.8) is 0 Å². The molecule has 0 unspecified atom stereocenters. The molecule has 142 valence electrons. The summed E-state index contributed by atoms with van der Waals surface area (Å²) in [7, 11) is 0. The highest BCUT2D eigenvalue weighted by Gasteiger charge is 2.61.